The third-order valence-corrected chi connectivity index (χ3v) is 6.30. The van der Waals surface area contributed by atoms with E-state index in [1.54, 1.807) is 18.3 Å². The number of nitrogens with zero attached hydrogens (tertiary/aromatic N) is 3. The summed E-state index contributed by atoms with van der Waals surface area (Å²) in [5.74, 6) is 1.45. The highest BCUT2D eigenvalue weighted by atomic mass is 16.6. The van der Waals surface area contributed by atoms with Crippen molar-refractivity contribution in [2.24, 2.45) is 0 Å². The zero-order chi connectivity index (χ0) is 24.8. The van der Waals surface area contributed by atoms with E-state index in [1.807, 2.05) is 26.1 Å². The fourth-order valence-corrected chi connectivity index (χ4v) is 4.35. The number of carbonyl (C=O) groups is 1. The lowest BCUT2D eigenvalue weighted by Gasteiger charge is -2.30. The summed E-state index contributed by atoms with van der Waals surface area (Å²) in [5, 5.41) is 17.8. The van der Waals surface area contributed by atoms with Crippen molar-refractivity contribution in [3.63, 3.8) is 0 Å². The molecule has 9 heteroatoms. The van der Waals surface area contributed by atoms with Crippen LogP contribution in [0.1, 0.15) is 62.2 Å². The molecule has 1 saturated carbocycles. The molecule has 0 atom stereocenters. The van der Waals surface area contributed by atoms with Crippen molar-refractivity contribution in [3.05, 3.63) is 47.4 Å². The van der Waals surface area contributed by atoms with Crippen molar-refractivity contribution in [2.75, 3.05) is 18.5 Å². The standard InChI is InChI=1S/C26H31N5O4/c1-25(2)12-20-16(24(33)35-25)7-8-21(30-20)31-22-11-17-18(13-27-22)23(34-15-5-6-15)28-14-19(17)26(3,4)29-9-10-32/h7-8,11,13-15,29,32H,5-6,9-10,12H2,1-4H3,(H,27,30,31). The lowest BCUT2D eigenvalue weighted by atomic mass is 9.91. The second-order valence-corrected chi connectivity index (χ2v) is 10.3. The Kier molecular flexibility index (Phi) is 5.85. The van der Waals surface area contributed by atoms with Gasteiger partial charge in [0.1, 0.15) is 23.3 Å². The number of cyclic esters (lactones) is 1. The molecular formula is C26H31N5O4. The van der Waals surface area contributed by atoms with Gasteiger partial charge in [0.15, 0.2) is 0 Å². The van der Waals surface area contributed by atoms with Gasteiger partial charge in [0.2, 0.25) is 5.88 Å². The molecule has 0 saturated heterocycles. The molecule has 4 heterocycles. The Morgan fingerprint density at radius 2 is 1.97 bits per heavy atom. The number of carbonyl (C=O) groups excluding carboxylic acids is 1. The van der Waals surface area contributed by atoms with Crippen molar-refractivity contribution in [1.82, 2.24) is 20.3 Å². The van der Waals surface area contributed by atoms with Crippen LogP contribution in [0.25, 0.3) is 10.8 Å². The van der Waals surface area contributed by atoms with Crippen LogP contribution in [0.15, 0.2) is 30.6 Å². The maximum atomic E-state index is 12.3. The van der Waals surface area contributed by atoms with Crippen LogP contribution in [-0.2, 0) is 16.7 Å². The Morgan fingerprint density at radius 3 is 2.71 bits per heavy atom. The fraction of sp³-hybridized carbons (Fsp3) is 0.462. The zero-order valence-corrected chi connectivity index (χ0v) is 20.5. The van der Waals surface area contributed by atoms with Crippen LogP contribution in [0, 0.1) is 0 Å². The molecule has 0 amide bonds. The van der Waals surface area contributed by atoms with Crippen LogP contribution in [-0.4, -0.2) is 50.9 Å². The van der Waals surface area contributed by atoms with E-state index in [2.05, 4.69) is 39.4 Å². The van der Waals surface area contributed by atoms with E-state index in [-0.39, 0.29) is 18.7 Å². The van der Waals surface area contributed by atoms with E-state index in [0.29, 0.717) is 41.7 Å². The Hall–Kier alpha value is -3.30. The number of fused-ring (bicyclic) bond motifs is 2. The van der Waals surface area contributed by atoms with Crippen LogP contribution in [0.3, 0.4) is 0 Å². The first-order chi connectivity index (χ1) is 16.6. The van der Waals surface area contributed by atoms with Gasteiger partial charge in [-0.25, -0.2) is 19.7 Å². The second-order valence-electron chi connectivity index (χ2n) is 10.3. The molecule has 0 unspecified atom stereocenters. The molecular weight excluding hydrogens is 446 g/mol. The molecule has 0 radical (unpaired) electrons. The minimum absolute atomic E-state index is 0.0420. The number of anilines is 2. The molecule has 0 bridgehead atoms. The average molecular weight is 478 g/mol. The monoisotopic (exact) mass is 477 g/mol. The number of ether oxygens (including phenoxy) is 2. The first-order valence-corrected chi connectivity index (χ1v) is 12.0. The quantitative estimate of drug-likeness (QED) is 0.418. The molecule has 184 valence electrons. The van der Waals surface area contributed by atoms with Crippen molar-refractivity contribution >= 4 is 28.4 Å². The number of aromatic nitrogens is 3. The Balaban J connectivity index is 1.51. The van der Waals surface area contributed by atoms with Crippen LogP contribution in [0.4, 0.5) is 11.6 Å². The van der Waals surface area contributed by atoms with E-state index in [1.165, 1.54) is 0 Å². The normalized spacial score (nSPS) is 17.1. The predicted octanol–water partition coefficient (Wildman–Crippen LogP) is 3.62. The Morgan fingerprint density at radius 1 is 1.17 bits per heavy atom. The average Bonchev–Trinajstić information content (AvgIpc) is 3.60. The predicted molar refractivity (Wildman–Crippen MR) is 132 cm³/mol. The molecule has 1 fully saturated rings. The smallest absolute Gasteiger partial charge is 0.340 e. The molecule has 1 aliphatic carbocycles. The molecule has 3 aromatic heterocycles. The number of nitrogens with one attached hydrogen (secondary N) is 2. The molecule has 35 heavy (non-hydrogen) atoms. The maximum Gasteiger partial charge on any atom is 0.340 e. The minimum atomic E-state index is -0.593. The molecule has 9 nitrogen and oxygen atoms in total. The molecule has 3 N–H and O–H groups in total. The lowest BCUT2D eigenvalue weighted by molar-refractivity contribution is -0.00714. The highest BCUT2D eigenvalue weighted by Crippen LogP contribution is 2.36. The first kappa shape index (κ1) is 23.4. The lowest BCUT2D eigenvalue weighted by Crippen LogP contribution is -2.38. The van der Waals surface area contributed by atoms with Gasteiger partial charge in [-0.2, -0.15) is 0 Å². The Labute approximate surface area is 204 Å². The van der Waals surface area contributed by atoms with Crippen LogP contribution in [0.2, 0.25) is 0 Å². The summed E-state index contributed by atoms with van der Waals surface area (Å²) in [4.78, 5) is 26.2. The van der Waals surface area contributed by atoms with Gasteiger partial charge in [-0.1, -0.05) is 0 Å². The van der Waals surface area contributed by atoms with Gasteiger partial charge in [-0.15, -0.1) is 0 Å². The van der Waals surface area contributed by atoms with Crippen LogP contribution >= 0.6 is 0 Å². The van der Waals surface area contributed by atoms with Crippen LogP contribution < -0.4 is 15.4 Å². The van der Waals surface area contributed by atoms with Crippen molar-refractivity contribution in [3.8, 4) is 5.88 Å². The number of pyridine rings is 3. The highest BCUT2D eigenvalue weighted by Gasteiger charge is 2.33. The van der Waals surface area contributed by atoms with E-state index in [9.17, 15) is 9.90 Å². The third-order valence-electron chi connectivity index (χ3n) is 6.30. The van der Waals surface area contributed by atoms with E-state index in [4.69, 9.17) is 9.47 Å². The van der Waals surface area contributed by atoms with Crippen molar-refractivity contribution in [1.29, 1.82) is 0 Å². The fourth-order valence-electron chi connectivity index (χ4n) is 4.35. The maximum absolute atomic E-state index is 12.3. The Bertz CT molecular complexity index is 1290. The summed E-state index contributed by atoms with van der Waals surface area (Å²) in [6.07, 6.45) is 6.43. The van der Waals surface area contributed by atoms with E-state index >= 15 is 0 Å². The largest absolute Gasteiger partial charge is 0.474 e. The molecule has 5 rings (SSSR count). The highest BCUT2D eigenvalue weighted by molar-refractivity contribution is 5.93. The van der Waals surface area contributed by atoms with Gasteiger partial charge in [0.25, 0.3) is 0 Å². The van der Waals surface area contributed by atoms with Crippen molar-refractivity contribution in [2.45, 2.75) is 64.2 Å². The molecule has 1 aliphatic heterocycles. The van der Waals surface area contributed by atoms with Gasteiger partial charge in [0.05, 0.1) is 23.3 Å². The van der Waals surface area contributed by atoms with Gasteiger partial charge in [-0.05, 0) is 69.7 Å². The summed E-state index contributed by atoms with van der Waals surface area (Å²) in [6.45, 7) is 8.37. The molecule has 3 aromatic rings. The molecule has 2 aliphatic rings. The summed E-state index contributed by atoms with van der Waals surface area (Å²) < 4.78 is 11.5. The molecule has 0 spiro atoms. The number of rotatable bonds is 8. The number of esters is 1. The summed E-state index contributed by atoms with van der Waals surface area (Å²) in [5.41, 5.74) is 1.13. The SMILES string of the molecule is CC1(C)Cc2nc(Nc3cc4c(C(C)(C)NCCO)cnc(OC5CC5)c4cn3)ccc2C(=O)O1. The minimum Gasteiger partial charge on any atom is -0.474 e. The van der Waals surface area contributed by atoms with Crippen LogP contribution in [0.5, 0.6) is 5.88 Å². The van der Waals surface area contributed by atoms with Crippen molar-refractivity contribution < 1.29 is 19.4 Å². The topological polar surface area (TPSA) is 118 Å². The first-order valence-electron chi connectivity index (χ1n) is 12.0. The van der Waals surface area contributed by atoms with E-state index in [0.717, 1.165) is 29.2 Å². The third kappa shape index (κ3) is 4.92. The summed E-state index contributed by atoms with van der Waals surface area (Å²) in [6, 6.07) is 5.46. The second kappa shape index (κ2) is 8.73. The van der Waals surface area contributed by atoms with Gasteiger partial charge in [0, 0.05) is 30.9 Å². The number of aliphatic hydroxyl groups is 1. The van der Waals surface area contributed by atoms with E-state index < -0.39 is 11.1 Å². The number of hydrogen-bond acceptors (Lipinski definition) is 9. The summed E-state index contributed by atoms with van der Waals surface area (Å²) in [7, 11) is 0. The zero-order valence-electron chi connectivity index (χ0n) is 20.5. The molecule has 0 aromatic carbocycles. The van der Waals surface area contributed by atoms with Gasteiger partial charge >= 0.3 is 5.97 Å². The summed E-state index contributed by atoms with van der Waals surface area (Å²) >= 11 is 0. The number of hydrogen-bond donors (Lipinski definition) is 3. The van der Waals surface area contributed by atoms with Gasteiger partial charge in [-0.3, -0.25) is 0 Å². The van der Waals surface area contributed by atoms with Gasteiger partial charge < -0.3 is 25.2 Å². The number of aliphatic hydroxyl groups excluding tert-OH is 1.